The smallest absolute Gasteiger partial charge is 0.308 e. The van der Waals surface area contributed by atoms with Crippen molar-refractivity contribution in [2.45, 2.75) is 13.8 Å². The minimum absolute atomic E-state index is 0.285. The third-order valence-corrected chi connectivity index (χ3v) is 4.52. The number of urea groups is 1. The predicted octanol–water partition coefficient (Wildman–Crippen LogP) is 5.04. The first-order valence-electron chi connectivity index (χ1n) is 8.38. The highest BCUT2D eigenvalue weighted by Crippen LogP contribution is 2.30. The van der Waals surface area contributed by atoms with Crippen molar-refractivity contribution in [1.29, 1.82) is 0 Å². The molecule has 2 aromatic carbocycles. The average molecular weight is 342 g/mol. The second-order valence-corrected chi connectivity index (χ2v) is 6.30. The fraction of sp³-hybridized carbons (Fsp3) is 0.0952. The van der Waals surface area contributed by atoms with Gasteiger partial charge in [-0.2, -0.15) is 0 Å². The van der Waals surface area contributed by atoms with E-state index in [-0.39, 0.29) is 6.03 Å². The molecule has 128 valence electrons. The van der Waals surface area contributed by atoms with E-state index >= 15 is 0 Å². The van der Waals surface area contributed by atoms with E-state index in [1.807, 2.05) is 56.3 Å². The third-order valence-electron chi connectivity index (χ3n) is 4.52. The Morgan fingerprint density at radius 2 is 1.81 bits per heavy atom. The number of nitrogens with one attached hydrogen (secondary N) is 2. The molecule has 26 heavy (non-hydrogen) atoms. The Morgan fingerprint density at radius 3 is 2.65 bits per heavy atom. The lowest BCUT2D eigenvalue weighted by molar-refractivity contribution is 0.262. The van der Waals surface area contributed by atoms with Crippen LogP contribution in [0, 0.1) is 13.8 Å². The Hall–Kier alpha value is -3.47. The largest absolute Gasteiger partial charge is 0.323 e. The molecule has 4 rings (SSSR count). The molecule has 0 spiro atoms. The van der Waals surface area contributed by atoms with Gasteiger partial charge in [-0.15, -0.1) is 0 Å². The van der Waals surface area contributed by atoms with E-state index in [1.165, 1.54) is 5.56 Å². The Morgan fingerprint density at radius 1 is 0.923 bits per heavy atom. The van der Waals surface area contributed by atoms with Crippen LogP contribution in [0.1, 0.15) is 11.1 Å². The van der Waals surface area contributed by atoms with Gasteiger partial charge in [0.1, 0.15) is 0 Å². The molecular weight excluding hydrogens is 324 g/mol. The molecule has 4 aromatic rings. The molecule has 2 aromatic heterocycles. The van der Waals surface area contributed by atoms with E-state index in [9.17, 15) is 4.79 Å². The lowest BCUT2D eigenvalue weighted by atomic mass is 10.1. The SMILES string of the molecule is Cc1ccc(NC(=O)Nc2cc3ccncc3c3ncccc23)cc1C. The number of aryl methyl sites for hydroxylation is 2. The number of anilines is 2. The number of pyridine rings is 2. The van der Waals surface area contributed by atoms with E-state index in [1.54, 1.807) is 18.6 Å². The molecule has 0 unspecified atom stereocenters. The lowest BCUT2D eigenvalue weighted by Gasteiger charge is -2.12. The maximum atomic E-state index is 12.5. The van der Waals surface area contributed by atoms with Gasteiger partial charge in [-0.3, -0.25) is 9.97 Å². The first kappa shape index (κ1) is 16.0. The van der Waals surface area contributed by atoms with Gasteiger partial charge in [0, 0.05) is 35.1 Å². The normalized spacial score (nSPS) is 10.8. The van der Waals surface area contributed by atoms with E-state index in [2.05, 4.69) is 20.6 Å². The summed E-state index contributed by atoms with van der Waals surface area (Å²) in [6, 6.07) is 13.2. The number of hydrogen-bond acceptors (Lipinski definition) is 3. The van der Waals surface area contributed by atoms with Crippen molar-refractivity contribution in [3.05, 3.63) is 72.2 Å². The molecular formula is C21H18N4O. The molecule has 0 bridgehead atoms. The van der Waals surface area contributed by atoms with Gasteiger partial charge in [-0.1, -0.05) is 6.07 Å². The number of fused-ring (bicyclic) bond motifs is 3. The molecule has 2 N–H and O–H groups in total. The Balaban J connectivity index is 1.69. The van der Waals surface area contributed by atoms with Crippen molar-refractivity contribution in [3.63, 3.8) is 0 Å². The summed E-state index contributed by atoms with van der Waals surface area (Å²) in [6.07, 6.45) is 5.27. The highest BCUT2D eigenvalue weighted by Gasteiger charge is 2.10. The third kappa shape index (κ3) is 2.95. The summed E-state index contributed by atoms with van der Waals surface area (Å²) >= 11 is 0. The molecule has 2 heterocycles. The van der Waals surface area contributed by atoms with Gasteiger partial charge in [0.15, 0.2) is 0 Å². The Labute approximate surface area is 151 Å². The monoisotopic (exact) mass is 342 g/mol. The van der Waals surface area contributed by atoms with Crippen LogP contribution in [0.4, 0.5) is 16.2 Å². The van der Waals surface area contributed by atoms with Crippen molar-refractivity contribution in [2.24, 2.45) is 0 Å². The van der Waals surface area contributed by atoms with Gasteiger partial charge in [0.05, 0.1) is 11.2 Å². The molecule has 2 amide bonds. The van der Waals surface area contributed by atoms with Crippen molar-refractivity contribution in [3.8, 4) is 0 Å². The summed E-state index contributed by atoms with van der Waals surface area (Å²) in [5, 5.41) is 8.66. The van der Waals surface area contributed by atoms with E-state index in [4.69, 9.17) is 0 Å². The van der Waals surface area contributed by atoms with Crippen LogP contribution in [0.5, 0.6) is 0 Å². The number of carbonyl (C=O) groups excluding carboxylic acids is 1. The van der Waals surface area contributed by atoms with Gasteiger partial charge < -0.3 is 10.6 Å². The van der Waals surface area contributed by atoms with E-state index in [0.717, 1.165) is 32.9 Å². The van der Waals surface area contributed by atoms with Crippen LogP contribution in [0.2, 0.25) is 0 Å². The maximum Gasteiger partial charge on any atom is 0.323 e. The van der Waals surface area contributed by atoms with Gasteiger partial charge in [0.25, 0.3) is 0 Å². The second-order valence-electron chi connectivity index (χ2n) is 6.30. The number of hydrogen-bond donors (Lipinski definition) is 2. The number of nitrogens with zero attached hydrogens (tertiary/aromatic N) is 2. The highest BCUT2D eigenvalue weighted by atomic mass is 16.2. The fourth-order valence-electron chi connectivity index (χ4n) is 3.01. The summed E-state index contributed by atoms with van der Waals surface area (Å²) < 4.78 is 0. The van der Waals surface area contributed by atoms with Gasteiger partial charge in [-0.05, 0) is 66.8 Å². The van der Waals surface area contributed by atoms with Crippen LogP contribution in [0.15, 0.2) is 61.1 Å². The first-order valence-corrected chi connectivity index (χ1v) is 8.38. The average Bonchev–Trinajstić information content (AvgIpc) is 2.65. The first-order chi connectivity index (χ1) is 12.6. The number of carbonyl (C=O) groups is 1. The number of benzene rings is 2. The Kier molecular flexibility index (Phi) is 3.97. The molecule has 5 nitrogen and oxygen atoms in total. The molecule has 0 saturated heterocycles. The molecule has 0 aliphatic carbocycles. The fourth-order valence-corrected chi connectivity index (χ4v) is 3.01. The van der Waals surface area contributed by atoms with Gasteiger partial charge >= 0.3 is 6.03 Å². The zero-order valence-electron chi connectivity index (χ0n) is 14.6. The molecule has 5 heteroatoms. The lowest BCUT2D eigenvalue weighted by Crippen LogP contribution is -2.19. The minimum Gasteiger partial charge on any atom is -0.308 e. The number of amides is 2. The summed E-state index contributed by atoms with van der Waals surface area (Å²) in [5.74, 6) is 0. The van der Waals surface area contributed by atoms with E-state index in [0.29, 0.717) is 5.69 Å². The van der Waals surface area contributed by atoms with Crippen LogP contribution < -0.4 is 10.6 Å². The molecule has 0 atom stereocenters. The van der Waals surface area contributed by atoms with Crippen LogP contribution in [0.25, 0.3) is 21.7 Å². The number of rotatable bonds is 2. The maximum absolute atomic E-state index is 12.5. The highest BCUT2D eigenvalue weighted by molar-refractivity contribution is 6.14. The topological polar surface area (TPSA) is 66.9 Å². The minimum atomic E-state index is -0.285. The van der Waals surface area contributed by atoms with Gasteiger partial charge in [-0.25, -0.2) is 4.79 Å². The molecule has 0 aliphatic heterocycles. The summed E-state index contributed by atoms with van der Waals surface area (Å²) in [5.41, 5.74) is 4.62. The van der Waals surface area contributed by atoms with Gasteiger partial charge in [0.2, 0.25) is 0 Å². The molecule has 0 aliphatic rings. The van der Waals surface area contributed by atoms with Crippen LogP contribution in [0.3, 0.4) is 0 Å². The van der Waals surface area contributed by atoms with Crippen molar-refractivity contribution >= 4 is 39.1 Å². The van der Waals surface area contributed by atoms with Crippen molar-refractivity contribution in [2.75, 3.05) is 10.6 Å². The quantitative estimate of drug-likeness (QED) is 0.501. The standard InChI is InChI=1S/C21H18N4O/c1-13-5-6-16(10-14(13)2)24-21(26)25-19-11-15-7-9-22-12-18(15)20-17(19)4-3-8-23-20/h3-12H,1-2H3,(H2,24,25,26). The number of aromatic nitrogens is 2. The van der Waals surface area contributed by atoms with Crippen molar-refractivity contribution in [1.82, 2.24) is 9.97 Å². The Bertz CT molecular complexity index is 1140. The van der Waals surface area contributed by atoms with Crippen LogP contribution in [-0.2, 0) is 0 Å². The summed E-state index contributed by atoms with van der Waals surface area (Å²) in [7, 11) is 0. The molecule has 0 fully saturated rings. The van der Waals surface area contributed by atoms with Crippen molar-refractivity contribution < 1.29 is 4.79 Å². The second kappa shape index (κ2) is 6.44. The predicted molar refractivity (Wildman–Crippen MR) is 106 cm³/mol. The van der Waals surface area contributed by atoms with E-state index < -0.39 is 0 Å². The zero-order chi connectivity index (χ0) is 18.1. The zero-order valence-corrected chi connectivity index (χ0v) is 14.6. The summed E-state index contributed by atoms with van der Waals surface area (Å²) in [4.78, 5) is 21.2. The molecule has 0 saturated carbocycles. The van der Waals surface area contributed by atoms with Crippen LogP contribution in [-0.4, -0.2) is 16.0 Å². The summed E-state index contributed by atoms with van der Waals surface area (Å²) in [6.45, 7) is 4.07. The molecule has 0 radical (unpaired) electrons. The van der Waals surface area contributed by atoms with Crippen LogP contribution >= 0.6 is 0 Å².